The second-order valence-corrected chi connectivity index (χ2v) is 7.70. The molecule has 1 heterocycles. The van der Waals surface area contributed by atoms with Crippen LogP contribution in [0, 0.1) is 5.92 Å². The molecular weight excluding hydrogens is 392 g/mol. The Hall–Kier alpha value is -2.32. The van der Waals surface area contributed by atoms with Crippen LogP contribution in [0.3, 0.4) is 0 Å². The van der Waals surface area contributed by atoms with Crippen LogP contribution in [-0.4, -0.2) is 60.3 Å². The SMILES string of the molecule is CN(CC1CC(=O)N(C2CCCC2)C1)C(=O)c1ccccc1OC(F)(F)C(F)F. The minimum Gasteiger partial charge on any atom is -0.427 e. The Morgan fingerprint density at radius 2 is 1.93 bits per heavy atom. The predicted octanol–water partition coefficient (Wildman–Crippen LogP) is 3.79. The van der Waals surface area contributed by atoms with E-state index in [1.807, 2.05) is 4.90 Å². The monoisotopic (exact) mass is 416 g/mol. The highest BCUT2D eigenvalue weighted by Gasteiger charge is 2.45. The van der Waals surface area contributed by atoms with E-state index in [9.17, 15) is 27.2 Å². The molecule has 1 unspecified atom stereocenters. The van der Waals surface area contributed by atoms with E-state index < -0.39 is 24.2 Å². The van der Waals surface area contributed by atoms with Gasteiger partial charge in [0.25, 0.3) is 5.91 Å². The van der Waals surface area contributed by atoms with Crippen molar-refractivity contribution in [2.45, 2.75) is 50.7 Å². The first kappa shape index (κ1) is 21.4. The lowest BCUT2D eigenvalue weighted by molar-refractivity contribution is -0.253. The van der Waals surface area contributed by atoms with Crippen molar-refractivity contribution in [1.29, 1.82) is 0 Å². The number of likely N-dealkylation sites (tertiary alicyclic amines) is 1. The van der Waals surface area contributed by atoms with Crippen molar-refractivity contribution >= 4 is 11.8 Å². The molecule has 1 saturated heterocycles. The highest BCUT2D eigenvalue weighted by atomic mass is 19.3. The number of amides is 2. The maximum atomic E-state index is 13.3. The molecule has 3 rings (SSSR count). The Morgan fingerprint density at radius 3 is 2.59 bits per heavy atom. The Kier molecular flexibility index (Phi) is 6.33. The predicted molar refractivity (Wildman–Crippen MR) is 97.1 cm³/mol. The van der Waals surface area contributed by atoms with Crippen molar-refractivity contribution in [2.24, 2.45) is 5.92 Å². The number of halogens is 4. The zero-order valence-corrected chi connectivity index (χ0v) is 16.1. The van der Waals surface area contributed by atoms with E-state index in [-0.39, 0.29) is 30.0 Å². The van der Waals surface area contributed by atoms with Gasteiger partial charge in [0.2, 0.25) is 5.91 Å². The van der Waals surface area contributed by atoms with Gasteiger partial charge in [0.15, 0.2) is 0 Å². The summed E-state index contributed by atoms with van der Waals surface area (Å²) in [5, 5.41) is 0. The molecule has 5 nitrogen and oxygen atoms in total. The summed E-state index contributed by atoms with van der Waals surface area (Å²) < 4.78 is 55.6. The van der Waals surface area contributed by atoms with E-state index in [2.05, 4.69) is 4.74 Å². The van der Waals surface area contributed by atoms with Gasteiger partial charge in [-0.05, 0) is 25.0 Å². The summed E-state index contributed by atoms with van der Waals surface area (Å²) >= 11 is 0. The smallest absolute Gasteiger partial charge is 0.427 e. The zero-order valence-electron chi connectivity index (χ0n) is 16.1. The molecule has 1 aromatic carbocycles. The number of para-hydroxylation sites is 1. The molecule has 0 spiro atoms. The van der Waals surface area contributed by atoms with Gasteiger partial charge in [0.1, 0.15) is 5.75 Å². The van der Waals surface area contributed by atoms with E-state index in [1.165, 1.54) is 30.1 Å². The third-order valence-corrected chi connectivity index (χ3v) is 5.50. The van der Waals surface area contributed by atoms with Crippen molar-refractivity contribution in [3.8, 4) is 5.75 Å². The first-order valence-corrected chi connectivity index (χ1v) is 9.68. The zero-order chi connectivity index (χ0) is 21.2. The third kappa shape index (κ3) is 4.82. The summed E-state index contributed by atoms with van der Waals surface area (Å²) in [5.41, 5.74) is -0.229. The standard InChI is InChI=1S/C20H24F4N2O3/c1-25(11-13-10-17(27)26(12-13)14-6-2-3-7-14)18(28)15-8-4-5-9-16(15)29-20(23,24)19(21)22/h4-5,8-9,13-14,19H,2-3,6-7,10-12H2,1H3. The fraction of sp³-hybridized carbons (Fsp3) is 0.600. The van der Waals surface area contributed by atoms with Crippen molar-refractivity contribution in [3.63, 3.8) is 0 Å². The molecule has 2 fully saturated rings. The van der Waals surface area contributed by atoms with Gasteiger partial charge in [-0.2, -0.15) is 17.6 Å². The number of carbonyl (C=O) groups excluding carboxylic acids is 2. The van der Waals surface area contributed by atoms with Crippen molar-refractivity contribution < 1.29 is 31.9 Å². The van der Waals surface area contributed by atoms with Gasteiger partial charge >= 0.3 is 12.5 Å². The van der Waals surface area contributed by atoms with Crippen LogP contribution in [-0.2, 0) is 4.79 Å². The second kappa shape index (κ2) is 8.59. The van der Waals surface area contributed by atoms with Crippen LogP contribution in [0.5, 0.6) is 5.75 Å². The van der Waals surface area contributed by atoms with Crippen LogP contribution in [0.2, 0.25) is 0 Å². The van der Waals surface area contributed by atoms with Gasteiger partial charge in [-0.15, -0.1) is 0 Å². The number of carbonyl (C=O) groups is 2. The number of hydrogen-bond donors (Lipinski definition) is 0. The topological polar surface area (TPSA) is 49.9 Å². The van der Waals surface area contributed by atoms with Gasteiger partial charge in [-0.3, -0.25) is 9.59 Å². The summed E-state index contributed by atoms with van der Waals surface area (Å²) in [6, 6.07) is 5.33. The van der Waals surface area contributed by atoms with E-state index >= 15 is 0 Å². The molecule has 1 saturated carbocycles. The van der Waals surface area contributed by atoms with Crippen molar-refractivity contribution in [3.05, 3.63) is 29.8 Å². The highest BCUT2D eigenvalue weighted by molar-refractivity contribution is 5.96. The molecule has 1 atom stereocenters. The first-order valence-electron chi connectivity index (χ1n) is 9.68. The van der Waals surface area contributed by atoms with Crippen molar-refractivity contribution in [1.82, 2.24) is 9.80 Å². The number of nitrogens with zero attached hydrogens (tertiary/aromatic N) is 2. The van der Waals surface area contributed by atoms with Crippen LogP contribution in [0.15, 0.2) is 24.3 Å². The molecule has 0 aromatic heterocycles. The van der Waals surface area contributed by atoms with E-state index in [0.29, 0.717) is 13.0 Å². The minimum atomic E-state index is -4.70. The van der Waals surface area contributed by atoms with E-state index in [1.54, 1.807) is 0 Å². The largest absolute Gasteiger partial charge is 0.461 e. The molecule has 160 valence electrons. The van der Waals surface area contributed by atoms with Gasteiger partial charge in [0.05, 0.1) is 5.56 Å². The van der Waals surface area contributed by atoms with Gasteiger partial charge in [-0.1, -0.05) is 25.0 Å². The second-order valence-electron chi connectivity index (χ2n) is 7.70. The molecule has 1 aliphatic heterocycles. The number of rotatable bonds is 7. The summed E-state index contributed by atoms with van der Waals surface area (Å²) in [7, 11) is 1.49. The average Bonchev–Trinajstić information content (AvgIpc) is 3.30. The summed E-state index contributed by atoms with van der Waals surface area (Å²) in [6.45, 7) is 0.816. The van der Waals surface area contributed by atoms with Gasteiger partial charge in [-0.25, -0.2) is 0 Å². The normalized spacial score (nSPS) is 20.6. The van der Waals surface area contributed by atoms with Gasteiger partial charge < -0.3 is 14.5 Å². The molecule has 0 N–H and O–H groups in total. The Labute approximate surface area is 166 Å². The molecule has 0 bridgehead atoms. The Balaban J connectivity index is 1.66. The van der Waals surface area contributed by atoms with Crippen molar-refractivity contribution in [2.75, 3.05) is 20.1 Å². The summed E-state index contributed by atoms with van der Waals surface area (Å²) in [5.74, 6) is -1.22. The lowest BCUT2D eigenvalue weighted by Gasteiger charge is -2.26. The molecule has 29 heavy (non-hydrogen) atoms. The van der Waals surface area contributed by atoms with E-state index in [4.69, 9.17) is 0 Å². The Morgan fingerprint density at radius 1 is 1.28 bits per heavy atom. The molecule has 1 aliphatic carbocycles. The molecule has 2 aliphatic rings. The quantitative estimate of drug-likeness (QED) is 0.636. The molecule has 1 aromatic rings. The average molecular weight is 416 g/mol. The third-order valence-electron chi connectivity index (χ3n) is 5.50. The lowest BCUT2D eigenvalue weighted by Crippen LogP contribution is -2.37. The van der Waals surface area contributed by atoms with Crippen LogP contribution in [0.4, 0.5) is 17.6 Å². The molecular formula is C20H24F4N2O3. The number of hydrogen-bond acceptors (Lipinski definition) is 3. The van der Waals surface area contributed by atoms with Crippen LogP contribution in [0.25, 0.3) is 0 Å². The number of alkyl halides is 4. The molecule has 9 heteroatoms. The highest BCUT2D eigenvalue weighted by Crippen LogP contribution is 2.32. The molecule has 0 radical (unpaired) electrons. The van der Waals surface area contributed by atoms with E-state index in [0.717, 1.165) is 31.7 Å². The maximum absolute atomic E-state index is 13.3. The van der Waals surface area contributed by atoms with Gasteiger partial charge in [0, 0.05) is 38.5 Å². The Bertz CT molecular complexity index is 753. The maximum Gasteiger partial charge on any atom is 0.461 e. The fourth-order valence-electron chi connectivity index (χ4n) is 4.10. The molecule has 2 amide bonds. The lowest BCUT2D eigenvalue weighted by atomic mass is 10.1. The van der Waals surface area contributed by atoms with Crippen LogP contribution >= 0.6 is 0 Å². The summed E-state index contributed by atoms with van der Waals surface area (Å²) in [6.07, 6.45) is -4.18. The minimum absolute atomic E-state index is 0.0624. The number of ether oxygens (including phenoxy) is 1. The summed E-state index contributed by atoms with van der Waals surface area (Å²) in [4.78, 5) is 28.3. The number of benzene rings is 1. The van der Waals surface area contributed by atoms with Crippen LogP contribution in [0.1, 0.15) is 42.5 Å². The first-order chi connectivity index (χ1) is 13.7. The van der Waals surface area contributed by atoms with Crippen LogP contribution < -0.4 is 4.74 Å². The fourth-order valence-corrected chi connectivity index (χ4v) is 4.10.